The largest absolute Gasteiger partial charge is 0.480 e. The van der Waals surface area contributed by atoms with E-state index in [1.54, 1.807) is 0 Å². The van der Waals surface area contributed by atoms with Crippen molar-refractivity contribution < 1.29 is 14.7 Å². The molecule has 1 aliphatic rings. The maximum absolute atomic E-state index is 11.9. The van der Waals surface area contributed by atoms with Gasteiger partial charge in [-0.05, 0) is 19.3 Å². The van der Waals surface area contributed by atoms with Gasteiger partial charge in [-0.25, -0.2) is 9.59 Å². The van der Waals surface area contributed by atoms with Crippen molar-refractivity contribution in [2.24, 2.45) is 0 Å². The number of urea groups is 1. The SMILES string of the molecule is C#CC(CCC)NC(=O)NC1(C(=O)O)CCCCC1. The van der Waals surface area contributed by atoms with Crippen LogP contribution in [-0.4, -0.2) is 28.7 Å². The maximum atomic E-state index is 11.9. The predicted molar refractivity (Wildman–Crippen MR) is 72.6 cm³/mol. The number of amides is 2. The second-order valence-electron chi connectivity index (χ2n) is 5.05. The van der Waals surface area contributed by atoms with E-state index < -0.39 is 17.5 Å². The lowest BCUT2D eigenvalue weighted by Gasteiger charge is -2.34. The molecule has 0 aliphatic heterocycles. The second kappa shape index (κ2) is 7.03. The molecule has 1 fully saturated rings. The number of carboxylic acids is 1. The van der Waals surface area contributed by atoms with Crippen LogP contribution >= 0.6 is 0 Å². The van der Waals surface area contributed by atoms with Gasteiger partial charge >= 0.3 is 12.0 Å². The first kappa shape index (κ1) is 15.4. The molecule has 1 atom stereocenters. The second-order valence-corrected chi connectivity index (χ2v) is 5.05. The van der Waals surface area contributed by atoms with Crippen molar-refractivity contribution >= 4 is 12.0 Å². The Labute approximate surface area is 114 Å². The van der Waals surface area contributed by atoms with Gasteiger partial charge in [-0.3, -0.25) is 0 Å². The Hall–Kier alpha value is -1.70. The highest BCUT2D eigenvalue weighted by molar-refractivity contribution is 5.86. The maximum Gasteiger partial charge on any atom is 0.329 e. The van der Waals surface area contributed by atoms with Crippen molar-refractivity contribution in [1.82, 2.24) is 10.6 Å². The van der Waals surface area contributed by atoms with Crippen LogP contribution in [0.25, 0.3) is 0 Å². The quantitative estimate of drug-likeness (QED) is 0.665. The van der Waals surface area contributed by atoms with Crippen LogP contribution in [0.5, 0.6) is 0 Å². The Bertz CT molecular complexity index is 367. The van der Waals surface area contributed by atoms with E-state index in [0.29, 0.717) is 19.3 Å². The molecule has 1 rings (SSSR count). The summed E-state index contributed by atoms with van der Waals surface area (Å²) in [4.78, 5) is 23.3. The van der Waals surface area contributed by atoms with Crippen molar-refractivity contribution in [1.29, 1.82) is 0 Å². The third kappa shape index (κ3) is 4.16. The zero-order chi connectivity index (χ0) is 14.3. The highest BCUT2D eigenvalue weighted by atomic mass is 16.4. The molecule has 1 unspecified atom stereocenters. The Morgan fingerprint density at radius 1 is 1.37 bits per heavy atom. The monoisotopic (exact) mass is 266 g/mol. The Balaban J connectivity index is 2.62. The summed E-state index contributed by atoms with van der Waals surface area (Å²) in [6.07, 6.45) is 10.5. The predicted octanol–water partition coefficient (Wildman–Crippen LogP) is 1.87. The van der Waals surface area contributed by atoms with Gasteiger partial charge in [0.2, 0.25) is 0 Å². The molecule has 0 bridgehead atoms. The van der Waals surface area contributed by atoms with Crippen LogP contribution in [0.2, 0.25) is 0 Å². The van der Waals surface area contributed by atoms with Gasteiger partial charge in [0.05, 0.1) is 6.04 Å². The summed E-state index contributed by atoms with van der Waals surface area (Å²) >= 11 is 0. The molecule has 0 aromatic carbocycles. The van der Waals surface area contributed by atoms with Crippen molar-refractivity contribution in [3.8, 4) is 12.3 Å². The number of nitrogens with one attached hydrogen (secondary N) is 2. The van der Waals surface area contributed by atoms with Crippen LogP contribution in [0.15, 0.2) is 0 Å². The van der Waals surface area contributed by atoms with E-state index in [-0.39, 0.29) is 6.04 Å². The Morgan fingerprint density at radius 2 is 2.00 bits per heavy atom. The summed E-state index contributed by atoms with van der Waals surface area (Å²) < 4.78 is 0. The number of aliphatic carboxylic acids is 1. The fraction of sp³-hybridized carbons (Fsp3) is 0.714. The van der Waals surface area contributed by atoms with Gasteiger partial charge in [0, 0.05) is 0 Å². The molecule has 1 saturated carbocycles. The minimum Gasteiger partial charge on any atom is -0.480 e. The molecule has 0 saturated heterocycles. The fourth-order valence-corrected chi connectivity index (χ4v) is 2.45. The third-order valence-corrected chi connectivity index (χ3v) is 3.55. The molecular formula is C14H22N2O3. The minimum atomic E-state index is -1.13. The van der Waals surface area contributed by atoms with Crippen LogP contribution in [0.4, 0.5) is 4.79 Å². The van der Waals surface area contributed by atoms with E-state index in [1.807, 2.05) is 6.92 Å². The average molecular weight is 266 g/mol. The highest BCUT2D eigenvalue weighted by Gasteiger charge is 2.41. The summed E-state index contributed by atoms with van der Waals surface area (Å²) in [5.41, 5.74) is -1.13. The van der Waals surface area contributed by atoms with Crippen LogP contribution in [0, 0.1) is 12.3 Å². The fourth-order valence-electron chi connectivity index (χ4n) is 2.45. The van der Waals surface area contributed by atoms with Crippen LogP contribution in [0.3, 0.4) is 0 Å². The van der Waals surface area contributed by atoms with Crippen molar-refractivity contribution in [3.05, 3.63) is 0 Å². The Morgan fingerprint density at radius 3 is 2.47 bits per heavy atom. The van der Waals surface area contributed by atoms with Crippen LogP contribution in [0.1, 0.15) is 51.9 Å². The molecule has 5 nitrogen and oxygen atoms in total. The molecule has 1 aliphatic carbocycles. The summed E-state index contributed by atoms with van der Waals surface area (Å²) in [5.74, 6) is 1.53. The first-order valence-electron chi connectivity index (χ1n) is 6.82. The van der Waals surface area contributed by atoms with E-state index in [4.69, 9.17) is 6.42 Å². The zero-order valence-electron chi connectivity index (χ0n) is 11.4. The standard InChI is InChI=1S/C14H22N2O3/c1-3-8-11(4-2)15-13(19)16-14(12(17)18)9-6-5-7-10-14/h2,11H,3,5-10H2,1H3,(H,17,18)(H2,15,16,19). The number of rotatable bonds is 5. The summed E-state index contributed by atoms with van der Waals surface area (Å²) in [5, 5.41) is 14.6. The molecule has 2 amide bonds. The number of carbonyl (C=O) groups is 2. The van der Waals surface area contributed by atoms with Gasteiger partial charge in [0.25, 0.3) is 0 Å². The summed E-state index contributed by atoms with van der Waals surface area (Å²) in [6.45, 7) is 1.98. The van der Waals surface area contributed by atoms with Gasteiger partial charge < -0.3 is 15.7 Å². The molecule has 0 radical (unpaired) electrons. The van der Waals surface area contributed by atoms with Gasteiger partial charge in [-0.2, -0.15) is 0 Å². The average Bonchev–Trinajstić information content (AvgIpc) is 2.39. The summed E-state index contributed by atoms with van der Waals surface area (Å²) in [7, 11) is 0. The van der Waals surface area contributed by atoms with E-state index in [9.17, 15) is 14.7 Å². The lowest BCUT2D eigenvalue weighted by Crippen LogP contribution is -2.59. The van der Waals surface area contributed by atoms with Gasteiger partial charge in [-0.15, -0.1) is 6.42 Å². The van der Waals surface area contributed by atoms with Crippen LogP contribution in [-0.2, 0) is 4.79 Å². The molecular weight excluding hydrogens is 244 g/mol. The first-order chi connectivity index (χ1) is 9.04. The van der Waals surface area contributed by atoms with Gasteiger partial charge in [0.1, 0.15) is 5.54 Å². The number of hydrogen-bond acceptors (Lipinski definition) is 2. The molecule has 5 heteroatoms. The van der Waals surface area contributed by atoms with Gasteiger partial charge in [-0.1, -0.05) is 38.5 Å². The van der Waals surface area contributed by atoms with E-state index in [2.05, 4.69) is 16.6 Å². The number of hydrogen-bond donors (Lipinski definition) is 3. The van der Waals surface area contributed by atoms with Crippen molar-refractivity contribution in [2.45, 2.75) is 63.5 Å². The minimum absolute atomic E-state index is 0.348. The van der Waals surface area contributed by atoms with Crippen LogP contribution < -0.4 is 10.6 Å². The lowest BCUT2D eigenvalue weighted by molar-refractivity contribution is -0.145. The number of carbonyl (C=O) groups excluding carboxylic acids is 1. The molecule has 0 heterocycles. The first-order valence-corrected chi connectivity index (χ1v) is 6.82. The summed E-state index contributed by atoms with van der Waals surface area (Å²) in [6, 6.07) is -0.833. The number of terminal acetylenes is 1. The molecule has 0 aromatic heterocycles. The van der Waals surface area contributed by atoms with E-state index in [0.717, 1.165) is 25.7 Å². The molecule has 106 valence electrons. The number of carboxylic acid groups (broad SMARTS) is 1. The zero-order valence-corrected chi connectivity index (χ0v) is 11.4. The van der Waals surface area contributed by atoms with Crippen molar-refractivity contribution in [3.63, 3.8) is 0 Å². The Kier molecular flexibility index (Phi) is 5.68. The third-order valence-electron chi connectivity index (χ3n) is 3.55. The van der Waals surface area contributed by atoms with Gasteiger partial charge in [0.15, 0.2) is 0 Å². The highest BCUT2D eigenvalue weighted by Crippen LogP contribution is 2.28. The molecule has 0 spiro atoms. The smallest absolute Gasteiger partial charge is 0.329 e. The lowest BCUT2D eigenvalue weighted by atomic mass is 9.82. The topological polar surface area (TPSA) is 78.4 Å². The molecule has 19 heavy (non-hydrogen) atoms. The van der Waals surface area contributed by atoms with Crippen molar-refractivity contribution in [2.75, 3.05) is 0 Å². The van der Waals surface area contributed by atoms with E-state index in [1.165, 1.54) is 0 Å². The normalized spacial score (nSPS) is 18.9. The van der Waals surface area contributed by atoms with E-state index >= 15 is 0 Å². The molecule has 3 N–H and O–H groups in total. The molecule has 0 aromatic rings.